The van der Waals surface area contributed by atoms with Crippen LogP contribution < -0.4 is 4.90 Å². The molecule has 1 saturated heterocycles. The number of amides is 1. The summed E-state index contributed by atoms with van der Waals surface area (Å²) in [5.74, 6) is -2.21. The molecule has 1 atom stereocenters. The van der Waals surface area contributed by atoms with Gasteiger partial charge >= 0.3 is 6.18 Å². The average Bonchev–Trinajstić information content (AvgIpc) is 3.04. The lowest BCUT2D eigenvalue weighted by molar-refractivity contribution is -0.137. The molecule has 1 N–H and O–H groups in total. The average molecular weight is 516 g/mol. The third-order valence-corrected chi connectivity index (χ3v) is 5.92. The molecule has 0 bridgehead atoms. The molecule has 0 saturated carbocycles. The fourth-order valence-corrected chi connectivity index (χ4v) is 4.09. The molecule has 33 heavy (non-hydrogen) atoms. The number of aryl methyl sites for hydroxylation is 1. The molecular weight excluding hydrogens is 499 g/mol. The van der Waals surface area contributed by atoms with Gasteiger partial charge in [-0.3, -0.25) is 14.5 Å². The SMILES string of the molecule is Cc1cccc(C2/C(=C(\O)c3ccc(Br)cc3)C(=O)C(=O)N2c2ccc(C(F)(F)F)cc2)c1. The number of hydrogen-bond acceptors (Lipinski definition) is 3. The fourth-order valence-electron chi connectivity index (χ4n) is 3.83. The Morgan fingerprint density at radius 2 is 1.61 bits per heavy atom. The van der Waals surface area contributed by atoms with Crippen LogP contribution in [0.25, 0.3) is 5.76 Å². The number of nitrogens with zero attached hydrogens (tertiary/aromatic N) is 1. The molecule has 1 unspecified atom stereocenters. The van der Waals surface area contributed by atoms with E-state index in [1.54, 1.807) is 42.5 Å². The first-order valence-electron chi connectivity index (χ1n) is 9.88. The molecule has 3 aromatic rings. The maximum Gasteiger partial charge on any atom is 0.416 e. The number of aliphatic hydroxyl groups excluding tert-OH is 1. The van der Waals surface area contributed by atoms with Gasteiger partial charge in [0.05, 0.1) is 17.2 Å². The summed E-state index contributed by atoms with van der Waals surface area (Å²) < 4.78 is 39.8. The first-order valence-corrected chi connectivity index (χ1v) is 10.7. The van der Waals surface area contributed by atoms with Crippen LogP contribution >= 0.6 is 15.9 Å². The lowest BCUT2D eigenvalue weighted by Crippen LogP contribution is -2.29. The van der Waals surface area contributed by atoms with Crippen molar-refractivity contribution in [2.75, 3.05) is 4.90 Å². The Morgan fingerprint density at radius 3 is 2.18 bits per heavy atom. The van der Waals surface area contributed by atoms with Crippen LogP contribution in [0.3, 0.4) is 0 Å². The van der Waals surface area contributed by atoms with Crippen molar-refractivity contribution in [1.82, 2.24) is 0 Å². The Morgan fingerprint density at radius 1 is 0.970 bits per heavy atom. The molecule has 1 heterocycles. The highest BCUT2D eigenvalue weighted by Gasteiger charge is 2.47. The first-order chi connectivity index (χ1) is 15.6. The molecule has 1 amide bonds. The summed E-state index contributed by atoms with van der Waals surface area (Å²) in [7, 11) is 0. The Bertz CT molecular complexity index is 1270. The van der Waals surface area contributed by atoms with Gasteiger partial charge in [-0.25, -0.2) is 0 Å². The maximum atomic E-state index is 13.1. The lowest BCUT2D eigenvalue weighted by atomic mass is 9.94. The van der Waals surface area contributed by atoms with Crippen LogP contribution in [0.4, 0.5) is 18.9 Å². The Balaban J connectivity index is 1.91. The van der Waals surface area contributed by atoms with Crippen molar-refractivity contribution in [3.63, 3.8) is 0 Å². The highest BCUT2D eigenvalue weighted by atomic mass is 79.9. The topological polar surface area (TPSA) is 57.6 Å². The first kappa shape index (κ1) is 22.8. The van der Waals surface area contributed by atoms with E-state index in [1.165, 1.54) is 0 Å². The molecule has 4 nitrogen and oxygen atoms in total. The zero-order valence-electron chi connectivity index (χ0n) is 17.2. The summed E-state index contributed by atoms with van der Waals surface area (Å²) in [4.78, 5) is 27.3. The van der Waals surface area contributed by atoms with Gasteiger partial charge in [-0.15, -0.1) is 0 Å². The second-order valence-corrected chi connectivity index (χ2v) is 8.55. The second kappa shape index (κ2) is 8.51. The van der Waals surface area contributed by atoms with Crippen LogP contribution in [-0.4, -0.2) is 16.8 Å². The summed E-state index contributed by atoms with van der Waals surface area (Å²) in [6, 6.07) is 16.6. The number of carbonyl (C=O) groups is 2. The number of anilines is 1. The molecule has 3 aromatic carbocycles. The van der Waals surface area contributed by atoms with Crippen LogP contribution in [0.2, 0.25) is 0 Å². The van der Waals surface area contributed by atoms with Gasteiger partial charge in [0.15, 0.2) is 0 Å². The van der Waals surface area contributed by atoms with Crippen LogP contribution in [0.5, 0.6) is 0 Å². The van der Waals surface area contributed by atoms with Crippen LogP contribution in [0, 0.1) is 6.92 Å². The molecule has 168 valence electrons. The molecular formula is C25H17BrF3NO3. The minimum absolute atomic E-state index is 0.117. The third kappa shape index (κ3) is 4.30. The van der Waals surface area contributed by atoms with E-state index in [1.807, 2.05) is 13.0 Å². The predicted octanol–water partition coefficient (Wildman–Crippen LogP) is 6.40. The van der Waals surface area contributed by atoms with Gasteiger partial charge in [0, 0.05) is 15.7 Å². The number of ketones is 1. The van der Waals surface area contributed by atoms with E-state index in [0.717, 1.165) is 39.2 Å². The molecule has 0 radical (unpaired) electrons. The van der Waals surface area contributed by atoms with E-state index in [4.69, 9.17) is 0 Å². The van der Waals surface area contributed by atoms with Gasteiger partial charge in [-0.2, -0.15) is 13.2 Å². The zero-order chi connectivity index (χ0) is 23.9. The Hall–Kier alpha value is -3.39. The number of carbonyl (C=O) groups excluding carboxylic acids is 2. The Kier molecular flexibility index (Phi) is 5.88. The molecule has 1 fully saturated rings. The number of alkyl halides is 3. The lowest BCUT2D eigenvalue weighted by Gasteiger charge is -2.26. The van der Waals surface area contributed by atoms with E-state index in [9.17, 15) is 27.9 Å². The summed E-state index contributed by atoms with van der Waals surface area (Å²) >= 11 is 3.31. The minimum atomic E-state index is -4.54. The predicted molar refractivity (Wildman–Crippen MR) is 122 cm³/mol. The summed E-state index contributed by atoms with van der Waals surface area (Å²) in [5, 5.41) is 11.0. The van der Waals surface area contributed by atoms with Crippen molar-refractivity contribution in [3.05, 3.63) is 105 Å². The van der Waals surface area contributed by atoms with E-state index in [-0.39, 0.29) is 17.0 Å². The minimum Gasteiger partial charge on any atom is -0.507 e. The maximum absolute atomic E-state index is 13.1. The van der Waals surface area contributed by atoms with Crippen LogP contribution in [0.15, 0.2) is 82.8 Å². The number of benzene rings is 3. The monoisotopic (exact) mass is 515 g/mol. The number of hydrogen-bond donors (Lipinski definition) is 1. The highest BCUT2D eigenvalue weighted by Crippen LogP contribution is 2.43. The van der Waals surface area contributed by atoms with Gasteiger partial charge in [-0.05, 0) is 48.9 Å². The number of aliphatic hydroxyl groups is 1. The molecule has 0 aromatic heterocycles. The number of rotatable bonds is 3. The van der Waals surface area contributed by atoms with Gasteiger partial charge in [0.2, 0.25) is 0 Å². The smallest absolute Gasteiger partial charge is 0.416 e. The standard InChI is InChI=1S/C25H17BrF3NO3/c1-14-3-2-4-16(13-14)21-20(22(31)15-5-9-18(26)10-6-15)23(32)24(33)30(21)19-11-7-17(8-12-19)25(27,28)29/h2-13,21,31H,1H3/b22-20+. The van der Waals surface area contributed by atoms with E-state index < -0.39 is 29.5 Å². The van der Waals surface area contributed by atoms with E-state index in [2.05, 4.69) is 15.9 Å². The van der Waals surface area contributed by atoms with E-state index >= 15 is 0 Å². The van der Waals surface area contributed by atoms with Crippen molar-refractivity contribution in [2.24, 2.45) is 0 Å². The van der Waals surface area contributed by atoms with Crippen molar-refractivity contribution in [1.29, 1.82) is 0 Å². The summed E-state index contributed by atoms with van der Waals surface area (Å²) in [6.45, 7) is 1.84. The van der Waals surface area contributed by atoms with Crippen molar-refractivity contribution < 1.29 is 27.9 Å². The molecule has 8 heteroatoms. The van der Waals surface area contributed by atoms with Crippen LogP contribution in [0.1, 0.15) is 28.3 Å². The van der Waals surface area contributed by atoms with Gasteiger partial charge < -0.3 is 5.11 Å². The molecule has 4 rings (SSSR count). The quantitative estimate of drug-likeness (QED) is 0.249. The molecule has 1 aliphatic heterocycles. The van der Waals surface area contributed by atoms with Crippen molar-refractivity contribution in [2.45, 2.75) is 19.1 Å². The van der Waals surface area contributed by atoms with Crippen LogP contribution in [-0.2, 0) is 15.8 Å². The Labute approximate surface area is 196 Å². The number of Topliss-reactive ketones (excluding diaryl/α,β-unsaturated/α-hetero) is 1. The molecule has 1 aliphatic rings. The van der Waals surface area contributed by atoms with Gasteiger partial charge in [0.1, 0.15) is 5.76 Å². The highest BCUT2D eigenvalue weighted by molar-refractivity contribution is 9.10. The fraction of sp³-hybridized carbons (Fsp3) is 0.120. The largest absolute Gasteiger partial charge is 0.507 e. The summed E-state index contributed by atoms with van der Waals surface area (Å²) in [5.41, 5.74) is 0.854. The second-order valence-electron chi connectivity index (χ2n) is 7.63. The van der Waals surface area contributed by atoms with Gasteiger partial charge in [0.25, 0.3) is 11.7 Å². The van der Waals surface area contributed by atoms with Crippen molar-refractivity contribution >= 4 is 39.1 Å². The van der Waals surface area contributed by atoms with Gasteiger partial charge in [-0.1, -0.05) is 57.9 Å². The van der Waals surface area contributed by atoms with E-state index in [0.29, 0.717) is 11.1 Å². The summed E-state index contributed by atoms with van der Waals surface area (Å²) in [6.07, 6.45) is -4.54. The zero-order valence-corrected chi connectivity index (χ0v) is 18.8. The van der Waals surface area contributed by atoms with Crippen molar-refractivity contribution in [3.8, 4) is 0 Å². The third-order valence-electron chi connectivity index (χ3n) is 5.39. The molecule has 0 aliphatic carbocycles. The normalized spacial score (nSPS) is 18.1. The molecule has 0 spiro atoms. The number of halogens is 4.